The Kier molecular flexibility index (Phi) is 10.5. The van der Waals surface area contributed by atoms with Crippen molar-refractivity contribution < 1.29 is 14.6 Å². The molecule has 3 heteroatoms. The zero-order valence-corrected chi connectivity index (χ0v) is 10.7. The molecule has 3 nitrogen and oxygen atoms in total. The van der Waals surface area contributed by atoms with Crippen LogP contribution in [0.5, 0.6) is 0 Å². The summed E-state index contributed by atoms with van der Waals surface area (Å²) in [5, 5.41) is 8.64. The topological polar surface area (TPSA) is 46.5 Å². The molecule has 0 aliphatic carbocycles. The second-order valence-corrected chi connectivity index (χ2v) is 4.27. The van der Waals surface area contributed by atoms with E-state index in [0.29, 0.717) is 6.42 Å². The summed E-state index contributed by atoms with van der Waals surface area (Å²) in [5.41, 5.74) is 0. The zero-order chi connectivity index (χ0) is 12.2. The van der Waals surface area contributed by atoms with Gasteiger partial charge in [-0.3, -0.25) is 4.79 Å². The van der Waals surface area contributed by atoms with Crippen molar-refractivity contribution in [3.05, 3.63) is 0 Å². The summed E-state index contributed by atoms with van der Waals surface area (Å²) in [6.45, 7) is 5.01. The third kappa shape index (κ3) is 9.97. The summed E-state index contributed by atoms with van der Waals surface area (Å²) in [6.07, 6.45) is 7.91. The molecule has 0 aromatic rings. The van der Waals surface area contributed by atoms with Crippen LogP contribution in [0.4, 0.5) is 0 Å². The summed E-state index contributed by atoms with van der Waals surface area (Å²) in [7, 11) is 0. The molecule has 0 aliphatic heterocycles. The Morgan fingerprint density at radius 1 is 1.12 bits per heavy atom. The van der Waals surface area contributed by atoms with Crippen molar-refractivity contribution >= 4 is 5.97 Å². The minimum absolute atomic E-state index is 0.146. The normalized spacial score (nSPS) is 12.6. The Hall–Kier alpha value is -0.570. The summed E-state index contributed by atoms with van der Waals surface area (Å²) in [6, 6.07) is 0. The van der Waals surface area contributed by atoms with Gasteiger partial charge in [0.25, 0.3) is 0 Å². The monoisotopic (exact) mass is 230 g/mol. The maximum absolute atomic E-state index is 10.5. The molecule has 1 atom stereocenters. The quantitative estimate of drug-likeness (QED) is 0.551. The number of ether oxygens (including phenoxy) is 1. The van der Waals surface area contributed by atoms with Gasteiger partial charge in [-0.1, -0.05) is 39.5 Å². The standard InChI is InChI=1S/C13H26O3/c1-3-5-6-7-8-12(16-11-4-2)9-10-13(14)15/h12H,3-11H2,1-2H3,(H,14,15). The predicted octanol–water partition coefficient (Wildman–Crippen LogP) is 3.62. The number of carbonyl (C=O) groups is 1. The molecule has 0 bridgehead atoms. The van der Waals surface area contributed by atoms with Crippen LogP contribution < -0.4 is 0 Å². The lowest BCUT2D eigenvalue weighted by molar-refractivity contribution is -0.137. The number of hydrogen-bond donors (Lipinski definition) is 1. The Balaban J connectivity index is 3.66. The number of aliphatic carboxylic acids is 1. The number of hydrogen-bond acceptors (Lipinski definition) is 2. The lowest BCUT2D eigenvalue weighted by atomic mass is 10.1. The Bertz CT molecular complexity index is 169. The van der Waals surface area contributed by atoms with Crippen molar-refractivity contribution in [2.24, 2.45) is 0 Å². The molecule has 96 valence electrons. The Labute approximate surface area is 99.2 Å². The lowest BCUT2D eigenvalue weighted by Gasteiger charge is -2.16. The highest BCUT2D eigenvalue weighted by molar-refractivity contribution is 5.66. The fourth-order valence-corrected chi connectivity index (χ4v) is 1.68. The van der Waals surface area contributed by atoms with Gasteiger partial charge in [-0.2, -0.15) is 0 Å². The van der Waals surface area contributed by atoms with Crippen LogP contribution in [0.2, 0.25) is 0 Å². The third-order valence-corrected chi connectivity index (χ3v) is 2.62. The van der Waals surface area contributed by atoms with Crippen LogP contribution in [0.1, 0.15) is 65.2 Å². The van der Waals surface area contributed by atoms with E-state index in [1.54, 1.807) is 0 Å². The van der Waals surface area contributed by atoms with Crippen LogP contribution in [0.3, 0.4) is 0 Å². The first-order valence-corrected chi connectivity index (χ1v) is 6.54. The van der Waals surface area contributed by atoms with Crippen LogP contribution in [0.25, 0.3) is 0 Å². The molecular weight excluding hydrogens is 204 g/mol. The molecule has 0 aliphatic rings. The minimum atomic E-state index is -0.723. The van der Waals surface area contributed by atoms with E-state index in [0.717, 1.165) is 25.9 Å². The van der Waals surface area contributed by atoms with Crippen LogP contribution in [-0.2, 0) is 9.53 Å². The maximum Gasteiger partial charge on any atom is 0.303 e. The van der Waals surface area contributed by atoms with E-state index in [4.69, 9.17) is 9.84 Å². The molecule has 0 heterocycles. The second kappa shape index (κ2) is 10.9. The van der Waals surface area contributed by atoms with Gasteiger partial charge < -0.3 is 9.84 Å². The average Bonchev–Trinajstić information content (AvgIpc) is 2.26. The smallest absolute Gasteiger partial charge is 0.303 e. The van der Waals surface area contributed by atoms with Gasteiger partial charge in [0.05, 0.1) is 6.10 Å². The van der Waals surface area contributed by atoms with Gasteiger partial charge in [0.2, 0.25) is 0 Å². The van der Waals surface area contributed by atoms with Gasteiger partial charge in [-0.15, -0.1) is 0 Å². The average molecular weight is 230 g/mol. The van der Waals surface area contributed by atoms with E-state index in [1.165, 1.54) is 19.3 Å². The zero-order valence-electron chi connectivity index (χ0n) is 10.7. The fraction of sp³-hybridized carbons (Fsp3) is 0.923. The molecule has 0 radical (unpaired) electrons. The van der Waals surface area contributed by atoms with Crippen molar-refractivity contribution in [3.63, 3.8) is 0 Å². The van der Waals surface area contributed by atoms with Crippen molar-refractivity contribution in [2.75, 3.05) is 6.61 Å². The van der Waals surface area contributed by atoms with E-state index in [-0.39, 0.29) is 12.5 Å². The van der Waals surface area contributed by atoms with Gasteiger partial charge >= 0.3 is 5.97 Å². The van der Waals surface area contributed by atoms with Crippen LogP contribution in [0.15, 0.2) is 0 Å². The first kappa shape index (κ1) is 15.4. The molecule has 1 N–H and O–H groups in total. The highest BCUT2D eigenvalue weighted by Gasteiger charge is 2.10. The molecular formula is C13H26O3. The summed E-state index contributed by atoms with van der Waals surface area (Å²) in [4.78, 5) is 10.5. The van der Waals surface area contributed by atoms with Gasteiger partial charge in [0.15, 0.2) is 0 Å². The molecule has 0 spiro atoms. The van der Waals surface area contributed by atoms with Crippen LogP contribution in [-0.4, -0.2) is 23.8 Å². The third-order valence-electron chi connectivity index (χ3n) is 2.62. The van der Waals surface area contributed by atoms with Gasteiger partial charge in [-0.05, 0) is 19.3 Å². The molecule has 16 heavy (non-hydrogen) atoms. The summed E-state index contributed by atoms with van der Waals surface area (Å²) >= 11 is 0. The van der Waals surface area contributed by atoms with E-state index >= 15 is 0 Å². The first-order chi connectivity index (χ1) is 7.70. The van der Waals surface area contributed by atoms with E-state index in [1.807, 2.05) is 0 Å². The predicted molar refractivity (Wildman–Crippen MR) is 65.7 cm³/mol. The summed E-state index contributed by atoms with van der Waals surface area (Å²) < 4.78 is 5.66. The second-order valence-electron chi connectivity index (χ2n) is 4.27. The number of carboxylic acids is 1. The molecule has 0 amide bonds. The lowest BCUT2D eigenvalue weighted by Crippen LogP contribution is -2.15. The summed E-state index contributed by atoms with van der Waals surface area (Å²) in [5.74, 6) is -0.723. The number of rotatable bonds is 11. The Morgan fingerprint density at radius 3 is 2.44 bits per heavy atom. The van der Waals surface area contributed by atoms with Gasteiger partial charge in [0.1, 0.15) is 0 Å². The van der Waals surface area contributed by atoms with E-state index in [9.17, 15) is 4.79 Å². The van der Waals surface area contributed by atoms with E-state index < -0.39 is 5.97 Å². The number of unbranched alkanes of at least 4 members (excludes halogenated alkanes) is 3. The van der Waals surface area contributed by atoms with Crippen molar-refractivity contribution in [1.29, 1.82) is 0 Å². The molecule has 0 saturated heterocycles. The highest BCUT2D eigenvalue weighted by atomic mass is 16.5. The SMILES string of the molecule is CCCCCCC(CCC(=O)O)OCCC. The molecule has 0 rings (SSSR count). The van der Waals surface area contributed by atoms with Crippen molar-refractivity contribution in [2.45, 2.75) is 71.3 Å². The van der Waals surface area contributed by atoms with Gasteiger partial charge in [-0.25, -0.2) is 0 Å². The van der Waals surface area contributed by atoms with Crippen molar-refractivity contribution in [1.82, 2.24) is 0 Å². The molecule has 0 fully saturated rings. The molecule has 0 aromatic carbocycles. The molecule has 0 saturated carbocycles. The highest BCUT2D eigenvalue weighted by Crippen LogP contribution is 2.13. The molecule has 0 aromatic heterocycles. The fourth-order valence-electron chi connectivity index (χ4n) is 1.68. The first-order valence-electron chi connectivity index (χ1n) is 6.54. The van der Waals surface area contributed by atoms with Crippen LogP contribution in [0, 0.1) is 0 Å². The van der Waals surface area contributed by atoms with E-state index in [2.05, 4.69) is 13.8 Å². The molecule has 1 unspecified atom stereocenters. The Morgan fingerprint density at radius 2 is 1.88 bits per heavy atom. The largest absolute Gasteiger partial charge is 0.481 e. The minimum Gasteiger partial charge on any atom is -0.481 e. The van der Waals surface area contributed by atoms with Gasteiger partial charge in [0, 0.05) is 13.0 Å². The van der Waals surface area contributed by atoms with Crippen LogP contribution >= 0.6 is 0 Å². The van der Waals surface area contributed by atoms with Crippen molar-refractivity contribution in [3.8, 4) is 0 Å². The maximum atomic E-state index is 10.5. The number of carboxylic acid groups (broad SMARTS) is 1.